The third kappa shape index (κ3) is 2.37. The number of aliphatic hydroxyl groups is 1. The first-order valence-corrected chi connectivity index (χ1v) is 6.13. The number of ether oxygens (including phenoxy) is 1. The minimum absolute atomic E-state index is 0.756. The van der Waals surface area contributed by atoms with Crippen molar-refractivity contribution in [2.45, 2.75) is 39.2 Å². The molecule has 0 bridgehead atoms. The summed E-state index contributed by atoms with van der Waals surface area (Å²) in [6, 6.07) is 6.19. The fourth-order valence-corrected chi connectivity index (χ4v) is 2.36. The predicted octanol–water partition coefficient (Wildman–Crippen LogP) is 3.21. The molecule has 2 rings (SSSR count). The van der Waals surface area contributed by atoms with Gasteiger partial charge in [0.2, 0.25) is 0 Å². The Morgan fingerprint density at radius 3 is 2.71 bits per heavy atom. The van der Waals surface area contributed by atoms with Crippen LogP contribution in [0.5, 0.6) is 0 Å². The Bertz CT molecular complexity index is 444. The Morgan fingerprint density at radius 2 is 2.06 bits per heavy atom. The summed E-state index contributed by atoms with van der Waals surface area (Å²) in [7, 11) is 0. The van der Waals surface area contributed by atoms with Gasteiger partial charge in [-0.2, -0.15) is 0 Å². The van der Waals surface area contributed by atoms with Crippen LogP contribution in [0, 0.1) is 13.8 Å². The molecule has 0 saturated heterocycles. The lowest BCUT2D eigenvalue weighted by Crippen LogP contribution is -2.27. The SMILES string of the molecule is Cc1ccc(C)c(C(C)(O)C2=COCCC2)c1. The van der Waals surface area contributed by atoms with Gasteiger partial charge in [-0.3, -0.25) is 0 Å². The van der Waals surface area contributed by atoms with E-state index >= 15 is 0 Å². The van der Waals surface area contributed by atoms with Gasteiger partial charge in [-0.1, -0.05) is 23.8 Å². The minimum atomic E-state index is -0.920. The van der Waals surface area contributed by atoms with Crippen molar-refractivity contribution in [3.63, 3.8) is 0 Å². The molecule has 1 aromatic carbocycles. The van der Waals surface area contributed by atoms with Crippen molar-refractivity contribution in [1.29, 1.82) is 0 Å². The first-order chi connectivity index (χ1) is 8.01. The van der Waals surface area contributed by atoms with Gasteiger partial charge in [0.15, 0.2) is 0 Å². The third-order valence-corrected chi connectivity index (χ3v) is 3.48. The van der Waals surface area contributed by atoms with Gasteiger partial charge < -0.3 is 9.84 Å². The van der Waals surface area contributed by atoms with Crippen molar-refractivity contribution in [1.82, 2.24) is 0 Å². The Hall–Kier alpha value is -1.28. The molecule has 0 radical (unpaired) electrons. The van der Waals surface area contributed by atoms with E-state index in [4.69, 9.17) is 4.74 Å². The van der Waals surface area contributed by atoms with Crippen molar-refractivity contribution in [3.05, 3.63) is 46.7 Å². The van der Waals surface area contributed by atoms with Crippen LogP contribution in [0.25, 0.3) is 0 Å². The lowest BCUT2D eigenvalue weighted by atomic mass is 9.82. The monoisotopic (exact) mass is 232 g/mol. The molecule has 1 N–H and O–H groups in total. The zero-order chi connectivity index (χ0) is 12.5. The number of rotatable bonds is 2. The molecule has 2 nitrogen and oxygen atoms in total. The van der Waals surface area contributed by atoms with Crippen LogP contribution < -0.4 is 0 Å². The average Bonchev–Trinajstić information content (AvgIpc) is 2.33. The average molecular weight is 232 g/mol. The highest BCUT2D eigenvalue weighted by molar-refractivity contribution is 5.40. The molecule has 0 fully saturated rings. The van der Waals surface area contributed by atoms with Crippen LogP contribution in [0.2, 0.25) is 0 Å². The zero-order valence-electron chi connectivity index (χ0n) is 10.8. The second-order valence-corrected chi connectivity index (χ2v) is 5.01. The molecule has 1 aliphatic rings. The molecule has 92 valence electrons. The summed E-state index contributed by atoms with van der Waals surface area (Å²) in [6.07, 6.45) is 3.61. The Morgan fingerprint density at radius 1 is 1.29 bits per heavy atom. The molecule has 0 saturated carbocycles. The summed E-state index contributed by atoms with van der Waals surface area (Å²) in [4.78, 5) is 0. The maximum Gasteiger partial charge on any atom is 0.111 e. The van der Waals surface area contributed by atoms with Gasteiger partial charge in [-0.25, -0.2) is 0 Å². The van der Waals surface area contributed by atoms with Crippen LogP contribution in [0.15, 0.2) is 30.0 Å². The van der Waals surface area contributed by atoms with Gasteiger partial charge >= 0.3 is 0 Å². The second kappa shape index (κ2) is 4.53. The molecule has 1 unspecified atom stereocenters. The minimum Gasteiger partial charge on any atom is -0.501 e. The Labute approximate surface area is 103 Å². The highest BCUT2D eigenvalue weighted by Gasteiger charge is 2.30. The molecule has 0 amide bonds. The normalized spacial score (nSPS) is 19.2. The molecule has 1 aliphatic heterocycles. The van der Waals surface area contributed by atoms with Crippen LogP contribution in [0.3, 0.4) is 0 Å². The van der Waals surface area contributed by atoms with Crippen molar-refractivity contribution >= 4 is 0 Å². The van der Waals surface area contributed by atoms with Crippen molar-refractivity contribution < 1.29 is 9.84 Å². The van der Waals surface area contributed by atoms with Crippen LogP contribution in [-0.4, -0.2) is 11.7 Å². The van der Waals surface area contributed by atoms with Crippen molar-refractivity contribution in [3.8, 4) is 0 Å². The second-order valence-electron chi connectivity index (χ2n) is 5.01. The Balaban J connectivity index is 2.42. The van der Waals surface area contributed by atoms with Gasteiger partial charge in [0.05, 0.1) is 12.9 Å². The molecule has 1 atom stereocenters. The van der Waals surface area contributed by atoms with E-state index in [2.05, 4.69) is 18.2 Å². The number of aryl methyl sites for hydroxylation is 2. The number of benzene rings is 1. The summed E-state index contributed by atoms with van der Waals surface area (Å²) < 4.78 is 5.34. The van der Waals surface area contributed by atoms with E-state index in [1.165, 1.54) is 5.56 Å². The quantitative estimate of drug-likeness (QED) is 0.848. The highest BCUT2D eigenvalue weighted by Crippen LogP contribution is 2.35. The molecule has 17 heavy (non-hydrogen) atoms. The molecule has 2 heteroatoms. The van der Waals surface area contributed by atoms with Crippen molar-refractivity contribution in [2.24, 2.45) is 0 Å². The van der Waals surface area contributed by atoms with E-state index in [1.54, 1.807) is 6.26 Å². The standard InChI is InChI=1S/C15H20O2/c1-11-6-7-12(2)14(9-11)15(3,16)13-5-4-8-17-10-13/h6-7,9-10,16H,4-5,8H2,1-3H3. The van der Waals surface area contributed by atoms with Crippen LogP contribution in [0.1, 0.15) is 36.5 Å². The fourth-order valence-electron chi connectivity index (χ4n) is 2.36. The summed E-state index contributed by atoms with van der Waals surface area (Å²) in [5, 5.41) is 10.8. The number of hydrogen-bond donors (Lipinski definition) is 1. The van der Waals surface area contributed by atoms with Gasteiger partial charge in [0.25, 0.3) is 0 Å². The molecule has 0 aliphatic carbocycles. The van der Waals surface area contributed by atoms with Gasteiger partial charge in [-0.05, 0) is 44.7 Å². The molecule has 1 heterocycles. The van der Waals surface area contributed by atoms with Crippen molar-refractivity contribution in [2.75, 3.05) is 6.61 Å². The van der Waals surface area contributed by atoms with Gasteiger partial charge in [-0.15, -0.1) is 0 Å². The molecule has 1 aromatic rings. The summed E-state index contributed by atoms with van der Waals surface area (Å²) in [5.41, 5.74) is 3.32. The first-order valence-electron chi connectivity index (χ1n) is 6.13. The van der Waals surface area contributed by atoms with E-state index in [-0.39, 0.29) is 0 Å². The zero-order valence-corrected chi connectivity index (χ0v) is 10.8. The summed E-state index contributed by atoms with van der Waals surface area (Å²) in [5.74, 6) is 0. The summed E-state index contributed by atoms with van der Waals surface area (Å²) in [6.45, 7) is 6.69. The maximum absolute atomic E-state index is 10.8. The van der Waals surface area contributed by atoms with Gasteiger partial charge in [0.1, 0.15) is 5.60 Å². The van der Waals surface area contributed by atoms with E-state index in [9.17, 15) is 5.11 Å². The number of hydrogen-bond acceptors (Lipinski definition) is 2. The lowest BCUT2D eigenvalue weighted by molar-refractivity contribution is 0.0779. The predicted molar refractivity (Wildman–Crippen MR) is 68.8 cm³/mol. The molecule has 0 aromatic heterocycles. The highest BCUT2D eigenvalue weighted by atomic mass is 16.5. The largest absolute Gasteiger partial charge is 0.501 e. The van der Waals surface area contributed by atoms with Crippen LogP contribution in [0.4, 0.5) is 0 Å². The van der Waals surface area contributed by atoms with E-state index < -0.39 is 5.60 Å². The maximum atomic E-state index is 10.8. The third-order valence-electron chi connectivity index (χ3n) is 3.48. The van der Waals surface area contributed by atoms with Crippen LogP contribution >= 0.6 is 0 Å². The Kier molecular flexibility index (Phi) is 3.25. The fraction of sp³-hybridized carbons (Fsp3) is 0.467. The smallest absolute Gasteiger partial charge is 0.111 e. The summed E-state index contributed by atoms with van der Waals surface area (Å²) >= 11 is 0. The first kappa shape index (κ1) is 12.2. The molecular weight excluding hydrogens is 212 g/mol. The molecule has 0 spiro atoms. The van der Waals surface area contributed by atoms with E-state index in [1.807, 2.05) is 20.8 Å². The topological polar surface area (TPSA) is 29.5 Å². The van der Waals surface area contributed by atoms with E-state index in [0.29, 0.717) is 0 Å². The lowest BCUT2D eigenvalue weighted by Gasteiger charge is -2.30. The van der Waals surface area contributed by atoms with Gasteiger partial charge in [0, 0.05) is 5.57 Å². The molecular formula is C15H20O2. The van der Waals surface area contributed by atoms with Crippen LogP contribution in [-0.2, 0) is 10.3 Å². The van der Waals surface area contributed by atoms with E-state index in [0.717, 1.165) is 36.1 Å².